The molecule has 16 N–H and O–H groups in total. The summed E-state index contributed by atoms with van der Waals surface area (Å²) >= 11 is 0. The minimum atomic E-state index is -1.49. The summed E-state index contributed by atoms with van der Waals surface area (Å²) in [4.78, 5) is 52.9. The zero-order valence-corrected chi connectivity index (χ0v) is 62.3. The van der Waals surface area contributed by atoms with Crippen LogP contribution in [0.4, 0.5) is 0 Å². The van der Waals surface area contributed by atoms with Gasteiger partial charge in [0.2, 0.25) is 17.7 Å². The number of nitrogens with zero attached hydrogens (tertiary/aromatic N) is 14. The van der Waals surface area contributed by atoms with Crippen LogP contribution in [-0.4, -0.2) is 395 Å². The Morgan fingerprint density at radius 2 is 0.721 bits per heavy atom. The second kappa shape index (κ2) is 46.1. The monoisotopic (exact) mass is 1590 g/mol. The quantitative estimate of drug-likeness (QED) is 0.0183. The summed E-state index contributed by atoms with van der Waals surface area (Å²) in [6, 6.07) is -4.48. The van der Waals surface area contributed by atoms with Crippen LogP contribution in [0.15, 0.2) is 24.8 Å². The first kappa shape index (κ1) is 89.9. The van der Waals surface area contributed by atoms with Crippen molar-refractivity contribution >= 4 is 23.7 Å². The molecular formula is C65H109N17O29. The zero-order chi connectivity index (χ0) is 80.1. The van der Waals surface area contributed by atoms with Crippen molar-refractivity contribution in [1.29, 1.82) is 0 Å². The molecule has 628 valence electrons. The Kier molecular flexibility index (Phi) is 37.3. The molecule has 4 aliphatic rings. The number of carbonyl (C=O) groups excluding carboxylic acids is 3. The standard InChI is InChI=1S/C65H109N17O29/c1-37-53(90)54(91)46(33-83)108-62(37)104-21-17-100-15-11-81-31-43(71-75-81)27-78(28-44-32-82(76-72-44)12-16-103-20-24-107-65-52(68-40(4)89)60(97)57(94)49(36-86)111-65)45(61(98)99)7-5-6-8-77(25-41-29-79(73-69-41)9-13-101-18-22-105-63-50(66-38(2)87)58(95)55(92)47(34-84)109-63)26-42-30-80(74-70-42)10-14-102-19-23-106-64-51(67-39(3)88)59(96)56(93)48(35-85)110-64/h29-32,37,45-60,62-65,83-86,90-97H,5-28,33-36H2,1-4H3,(H,66,87)(H,67,88)(H,68,89)(H,98,99)/t37-,45+,46-,47-,48-,49-,50-,51-,52-,53-,54+,55+,56+,57+,58-,59-,60-,62-,63-,64-,65?/m1/s1. The van der Waals surface area contributed by atoms with Crippen LogP contribution in [0, 0.1) is 5.92 Å². The molecule has 0 aromatic carbocycles. The number of carboxylic acid groups (broad SMARTS) is 1. The maximum atomic E-state index is 13.5. The second-order valence-corrected chi connectivity index (χ2v) is 27.2. The van der Waals surface area contributed by atoms with Gasteiger partial charge in [-0.3, -0.25) is 29.0 Å². The number of hydrogen-bond acceptors (Lipinski definition) is 38. The highest BCUT2D eigenvalue weighted by molar-refractivity contribution is 5.74. The molecule has 3 amide bonds. The molecule has 21 atom stereocenters. The summed E-state index contributed by atoms with van der Waals surface area (Å²) in [6.07, 6.45) is -12.5. The van der Waals surface area contributed by atoms with E-state index in [4.69, 9.17) is 56.8 Å². The SMILES string of the molecule is CC(=O)N[C@H]1[C@H](OCCOCCn2cc(CN(CCCC[C@@H](C(=O)O)N(Cc3cn(CCOCCOC4O[C@H](CO)[C@H](O)[C@H](O)[C@H]4NC(C)=O)nn3)Cc3cn(CCOCCO[C@@H]4O[C@H](CO)[C@H](O)[C@H](O)[C@H]4C)nn3)Cc3cn(CCOCCO[C@@H]4O[C@H](CO)[C@H](O)[C@H](O)[C@H]4NC(C)=O)nn3)nn2)O[C@H](CO)[C@H](O)[C@@H]1O. The van der Waals surface area contributed by atoms with Gasteiger partial charge in [-0.25, -0.2) is 18.7 Å². The topological polar surface area (TPSA) is 607 Å². The first-order chi connectivity index (χ1) is 53.4. The minimum absolute atomic E-state index is 0.00194. The van der Waals surface area contributed by atoms with Gasteiger partial charge >= 0.3 is 5.97 Å². The Morgan fingerprint density at radius 1 is 0.423 bits per heavy atom. The Morgan fingerprint density at radius 3 is 1.03 bits per heavy atom. The summed E-state index contributed by atoms with van der Waals surface area (Å²) < 4.78 is 74.9. The van der Waals surface area contributed by atoms with Gasteiger partial charge in [0.15, 0.2) is 25.2 Å². The molecule has 8 heterocycles. The van der Waals surface area contributed by atoms with Gasteiger partial charge in [0.05, 0.1) is 161 Å². The zero-order valence-electron chi connectivity index (χ0n) is 62.3. The highest BCUT2D eigenvalue weighted by Gasteiger charge is 2.49. The smallest absolute Gasteiger partial charge is 0.320 e. The van der Waals surface area contributed by atoms with Crippen molar-refractivity contribution in [2.45, 2.75) is 222 Å². The van der Waals surface area contributed by atoms with Crippen molar-refractivity contribution in [2.75, 3.05) is 112 Å². The number of amides is 3. The van der Waals surface area contributed by atoms with Crippen molar-refractivity contribution in [3.05, 3.63) is 47.6 Å². The summed E-state index contributed by atoms with van der Waals surface area (Å²) in [5, 5.41) is 176. The maximum absolute atomic E-state index is 13.5. The normalized spacial score (nSPS) is 28.7. The fourth-order valence-corrected chi connectivity index (χ4v) is 12.8. The average Bonchev–Trinajstić information content (AvgIpc) is 1.80. The van der Waals surface area contributed by atoms with Crippen LogP contribution in [0.3, 0.4) is 0 Å². The Bertz CT molecular complexity index is 3260. The summed E-state index contributed by atoms with van der Waals surface area (Å²) in [5.41, 5.74) is 1.98. The number of hydrogen-bond donors (Lipinski definition) is 16. The summed E-state index contributed by atoms with van der Waals surface area (Å²) in [5.74, 6) is -3.21. The molecule has 4 aliphatic heterocycles. The lowest BCUT2D eigenvalue weighted by molar-refractivity contribution is -0.284. The third kappa shape index (κ3) is 27.6. The van der Waals surface area contributed by atoms with Gasteiger partial charge in [0.1, 0.15) is 91.3 Å². The molecular weight excluding hydrogens is 1480 g/mol. The highest BCUT2D eigenvalue weighted by Crippen LogP contribution is 2.29. The molecule has 4 fully saturated rings. The van der Waals surface area contributed by atoms with Crippen LogP contribution in [0.25, 0.3) is 0 Å². The first-order valence-electron chi connectivity index (χ1n) is 36.7. The van der Waals surface area contributed by atoms with Gasteiger partial charge < -0.3 is 139 Å². The fraction of sp³-hybridized carbons (Fsp3) is 0.815. The molecule has 111 heavy (non-hydrogen) atoms. The largest absolute Gasteiger partial charge is 0.480 e. The number of ether oxygens (including phenoxy) is 12. The molecule has 0 saturated carbocycles. The Hall–Kier alpha value is -6.60. The van der Waals surface area contributed by atoms with E-state index in [1.54, 1.807) is 50.7 Å². The number of carboxylic acids is 1. The lowest BCUT2D eigenvalue weighted by Crippen LogP contribution is -2.64. The molecule has 46 nitrogen and oxygen atoms in total. The van der Waals surface area contributed by atoms with Gasteiger partial charge in [0, 0.05) is 77.7 Å². The predicted octanol–water partition coefficient (Wildman–Crippen LogP) is -9.58. The maximum Gasteiger partial charge on any atom is 0.320 e. The molecule has 0 bridgehead atoms. The number of carbonyl (C=O) groups is 4. The molecule has 4 saturated heterocycles. The van der Waals surface area contributed by atoms with E-state index < -0.39 is 179 Å². The van der Waals surface area contributed by atoms with E-state index in [1.165, 1.54) is 25.5 Å². The van der Waals surface area contributed by atoms with Gasteiger partial charge in [-0.05, 0) is 19.4 Å². The highest BCUT2D eigenvalue weighted by atomic mass is 16.7. The fourth-order valence-electron chi connectivity index (χ4n) is 12.8. The van der Waals surface area contributed by atoms with Crippen molar-refractivity contribution < 1.29 is 142 Å². The lowest BCUT2D eigenvalue weighted by Gasteiger charge is -2.42. The number of aromatic nitrogens is 12. The lowest BCUT2D eigenvalue weighted by atomic mass is 9.92. The summed E-state index contributed by atoms with van der Waals surface area (Å²) in [7, 11) is 0. The van der Waals surface area contributed by atoms with Crippen LogP contribution in [0.5, 0.6) is 0 Å². The van der Waals surface area contributed by atoms with Gasteiger partial charge in [-0.15, -0.1) is 20.4 Å². The van der Waals surface area contributed by atoms with Crippen LogP contribution in [0.2, 0.25) is 0 Å². The molecule has 46 heteroatoms. The molecule has 4 aromatic heterocycles. The van der Waals surface area contributed by atoms with E-state index in [9.17, 15) is 85.6 Å². The van der Waals surface area contributed by atoms with Crippen molar-refractivity contribution in [3.63, 3.8) is 0 Å². The molecule has 0 aliphatic carbocycles. The van der Waals surface area contributed by atoms with Gasteiger partial charge in [-0.1, -0.05) is 34.2 Å². The number of nitrogens with one attached hydrogen (secondary N) is 3. The number of unbranched alkanes of at least 4 members (excludes halogenated alkanes) is 1. The molecule has 4 aromatic rings. The second-order valence-electron chi connectivity index (χ2n) is 27.2. The van der Waals surface area contributed by atoms with Crippen LogP contribution < -0.4 is 16.0 Å². The molecule has 0 spiro atoms. The minimum Gasteiger partial charge on any atom is -0.480 e. The van der Waals surface area contributed by atoms with Crippen molar-refractivity contribution in [3.8, 4) is 0 Å². The van der Waals surface area contributed by atoms with Crippen LogP contribution in [0.1, 0.15) is 69.7 Å². The predicted molar refractivity (Wildman–Crippen MR) is 369 cm³/mol. The van der Waals surface area contributed by atoms with Crippen LogP contribution in [-0.2, 0) is 128 Å². The van der Waals surface area contributed by atoms with Crippen LogP contribution >= 0.6 is 0 Å². The van der Waals surface area contributed by atoms with E-state index in [0.717, 1.165) is 0 Å². The number of aliphatic hydroxyl groups is 12. The third-order valence-corrected chi connectivity index (χ3v) is 18.6. The van der Waals surface area contributed by atoms with Gasteiger partial charge in [-0.2, -0.15) is 0 Å². The van der Waals surface area contributed by atoms with Gasteiger partial charge in [0.25, 0.3) is 0 Å². The van der Waals surface area contributed by atoms with E-state index in [0.29, 0.717) is 42.2 Å². The number of aliphatic carboxylic acids is 1. The Labute approximate surface area is 637 Å². The molecule has 1 unspecified atom stereocenters. The summed E-state index contributed by atoms with van der Waals surface area (Å²) in [6.45, 7) is 5.69. The van der Waals surface area contributed by atoms with Crippen molar-refractivity contribution in [1.82, 2.24) is 85.7 Å². The van der Waals surface area contributed by atoms with E-state index >= 15 is 0 Å². The first-order valence-corrected chi connectivity index (χ1v) is 36.7. The van der Waals surface area contributed by atoms with E-state index in [1.807, 2.05) is 0 Å². The average molecular weight is 1590 g/mol. The number of rotatable bonds is 50. The Balaban J connectivity index is 0.887. The molecule has 0 radical (unpaired) electrons. The van der Waals surface area contributed by atoms with E-state index in [2.05, 4.69) is 62.1 Å². The number of aliphatic hydroxyl groups excluding tert-OH is 12. The third-order valence-electron chi connectivity index (χ3n) is 18.6. The van der Waals surface area contributed by atoms with E-state index in [-0.39, 0.29) is 138 Å². The van der Waals surface area contributed by atoms with Crippen molar-refractivity contribution in [2.24, 2.45) is 5.92 Å². The molecule has 8 rings (SSSR count).